The second-order valence-electron chi connectivity index (χ2n) is 2.78. The number of hydrogen-bond donors (Lipinski definition) is 1. The van der Waals surface area contributed by atoms with Crippen LogP contribution in [0.2, 0.25) is 0 Å². The van der Waals surface area contributed by atoms with Gasteiger partial charge in [-0.1, -0.05) is 5.16 Å². The van der Waals surface area contributed by atoms with Gasteiger partial charge in [0.15, 0.2) is 6.33 Å². The molecule has 1 aromatic heterocycles. The van der Waals surface area contributed by atoms with Gasteiger partial charge in [0.2, 0.25) is 5.89 Å². The first-order chi connectivity index (χ1) is 5.74. The van der Waals surface area contributed by atoms with Crippen LogP contribution in [0.5, 0.6) is 0 Å². The Morgan fingerprint density at radius 1 is 1.75 bits per heavy atom. The SMILES string of the molecule is CC(CO)N(C)Cc1ncno1. The Balaban J connectivity index is 2.41. The van der Waals surface area contributed by atoms with Crippen molar-refractivity contribution < 1.29 is 9.63 Å². The fourth-order valence-corrected chi connectivity index (χ4v) is 0.774. The van der Waals surface area contributed by atoms with Crippen molar-refractivity contribution in [2.75, 3.05) is 13.7 Å². The number of rotatable bonds is 4. The van der Waals surface area contributed by atoms with E-state index in [-0.39, 0.29) is 12.6 Å². The first-order valence-corrected chi connectivity index (χ1v) is 3.80. The smallest absolute Gasteiger partial charge is 0.240 e. The van der Waals surface area contributed by atoms with Gasteiger partial charge in [-0.15, -0.1) is 0 Å². The van der Waals surface area contributed by atoms with Gasteiger partial charge in [0.1, 0.15) is 0 Å². The molecular weight excluding hydrogens is 158 g/mol. The Morgan fingerprint density at radius 3 is 3.00 bits per heavy atom. The number of likely N-dealkylation sites (N-methyl/N-ethyl adjacent to an activating group) is 1. The summed E-state index contributed by atoms with van der Waals surface area (Å²) in [6.07, 6.45) is 1.37. The number of aromatic nitrogens is 2. The zero-order valence-electron chi connectivity index (χ0n) is 7.27. The Bertz CT molecular complexity index is 212. The minimum Gasteiger partial charge on any atom is -0.395 e. The summed E-state index contributed by atoms with van der Waals surface area (Å²) in [5.41, 5.74) is 0. The van der Waals surface area contributed by atoms with Crippen molar-refractivity contribution >= 4 is 0 Å². The Kier molecular flexibility index (Phi) is 3.19. The monoisotopic (exact) mass is 171 g/mol. The van der Waals surface area contributed by atoms with E-state index < -0.39 is 0 Å². The fraction of sp³-hybridized carbons (Fsp3) is 0.714. The van der Waals surface area contributed by atoms with E-state index in [2.05, 4.69) is 10.1 Å². The van der Waals surface area contributed by atoms with Crippen LogP contribution in [0.4, 0.5) is 0 Å². The molecule has 1 aromatic rings. The van der Waals surface area contributed by atoms with E-state index in [1.807, 2.05) is 18.9 Å². The number of nitrogens with zero attached hydrogens (tertiary/aromatic N) is 3. The molecule has 0 amide bonds. The van der Waals surface area contributed by atoms with E-state index in [0.29, 0.717) is 12.4 Å². The van der Waals surface area contributed by atoms with Crippen LogP contribution in [0.3, 0.4) is 0 Å². The molecule has 0 aliphatic heterocycles. The van der Waals surface area contributed by atoms with E-state index >= 15 is 0 Å². The molecular formula is C7H13N3O2. The van der Waals surface area contributed by atoms with Gasteiger partial charge in [-0.3, -0.25) is 4.90 Å². The predicted molar refractivity (Wildman–Crippen MR) is 42.3 cm³/mol. The van der Waals surface area contributed by atoms with Crippen LogP contribution >= 0.6 is 0 Å². The molecule has 0 aliphatic carbocycles. The van der Waals surface area contributed by atoms with Gasteiger partial charge in [0.05, 0.1) is 13.2 Å². The third kappa shape index (κ3) is 2.28. The summed E-state index contributed by atoms with van der Waals surface area (Å²) >= 11 is 0. The van der Waals surface area contributed by atoms with Gasteiger partial charge in [0.25, 0.3) is 0 Å². The van der Waals surface area contributed by atoms with Crippen molar-refractivity contribution in [2.45, 2.75) is 19.5 Å². The number of aliphatic hydroxyl groups is 1. The minimum atomic E-state index is 0.108. The van der Waals surface area contributed by atoms with Crippen LogP contribution in [-0.2, 0) is 6.54 Å². The summed E-state index contributed by atoms with van der Waals surface area (Å²) in [5.74, 6) is 0.567. The molecule has 12 heavy (non-hydrogen) atoms. The van der Waals surface area contributed by atoms with Crippen molar-refractivity contribution in [3.63, 3.8) is 0 Å². The van der Waals surface area contributed by atoms with E-state index in [9.17, 15) is 0 Å². The van der Waals surface area contributed by atoms with Gasteiger partial charge < -0.3 is 9.63 Å². The summed E-state index contributed by atoms with van der Waals surface area (Å²) < 4.78 is 4.81. The second kappa shape index (κ2) is 4.18. The third-order valence-corrected chi connectivity index (χ3v) is 1.81. The van der Waals surface area contributed by atoms with Gasteiger partial charge in [-0.2, -0.15) is 4.98 Å². The Morgan fingerprint density at radius 2 is 2.50 bits per heavy atom. The van der Waals surface area contributed by atoms with Crippen LogP contribution in [0.1, 0.15) is 12.8 Å². The first kappa shape index (κ1) is 9.15. The van der Waals surface area contributed by atoms with Crippen molar-refractivity contribution in [2.24, 2.45) is 0 Å². The maximum Gasteiger partial charge on any atom is 0.240 e. The quantitative estimate of drug-likeness (QED) is 0.684. The van der Waals surface area contributed by atoms with Crippen molar-refractivity contribution in [3.05, 3.63) is 12.2 Å². The maximum absolute atomic E-state index is 8.83. The molecule has 0 aromatic carbocycles. The minimum absolute atomic E-state index is 0.108. The van der Waals surface area contributed by atoms with Crippen molar-refractivity contribution in [1.82, 2.24) is 15.0 Å². The maximum atomic E-state index is 8.83. The number of aliphatic hydroxyl groups excluding tert-OH is 1. The zero-order chi connectivity index (χ0) is 8.97. The average Bonchev–Trinajstić information content (AvgIpc) is 2.55. The summed E-state index contributed by atoms with van der Waals surface area (Å²) in [7, 11) is 1.89. The molecule has 1 heterocycles. The van der Waals surface area contributed by atoms with E-state index in [0.717, 1.165) is 0 Å². The van der Waals surface area contributed by atoms with Crippen LogP contribution in [0.25, 0.3) is 0 Å². The van der Waals surface area contributed by atoms with Crippen molar-refractivity contribution in [1.29, 1.82) is 0 Å². The van der Waals surface area contributed by atoms with Gasteiger partial charge in [-0.05, 0) is 14.0 Å². The molecule has 0 fully saturated rings. The third-order valence-electron chi connectivity index (χ3n) is 1.81. The molecule has 0 radical (unpaired) electrons. The van der Waals surface area contributed by atoms with Gasteiger partial charge >= 0.3 is 0 Å². The second-order valence-corrected chi connectivity index (χ2v) is 2.78. The Hall–Kier alpha value is -0.940. The van der Waals surface area contributed by atoms with Crippen LogP contribution in [0.15, 0.2) is 10.9 Å². The van der Waals surface area contributed by atoms with E-state index in [1.165, 1.54) is 6.33 Å². The lowest BCUT2D eigenvalue weighted by atomic mass is 10.3. The molecule has 1 atom stereocenters. The summed E-state index contributed by atoms with van der Waals surface area (Å²) in [5, 5.41) is 12.3. The van der Waals surface area contributed by atoms with E-state index in [1.54, 1.807) is 0 Å². The van der Waals surface area contributed by atoms with Crippen LogP contribution in [0, 0.1) is 0 Å². The molecule has 0 aliphatic rings. The zero-order valence-corrected chi connectivity index (χ0v) is 7.27. The summed E-state index contributed by atoms with van der Waals surface area (Å²) in [6.45, 7) is 2.63. The highest BCUT2D eigenvalue weighted by molar-refractivity contribution is 4.75. The molecule has 5 nitrogen and oxygen atoms in total. The largest absolute Gasteiger partial charge is 0.395 e. The van der Waals surface area contributed by atoms with Crippen LogP contribution in [-0.4, -0.2) is 39.8 Å². The molecule has 1 N–H and O–H groups in total. The van der Waals surface area contributed by atoms with E-state index in [4.69, 9.17) is 9.63 Å². The van der Waals surface area contributed by atoms with Crippen LogP contribution < -0.4 is 0 Å². The normalized spacial score (nSPS) is 13.7. The summed E-state index contributed by atoms with van der Waals surface area (Å²) in [6, 6.07) is 0.108. The lowest BCUT2D eigenvalue weighted by molar-refractivity contribution is 0.142. The highest BCUT2D eigenvalue weighted by Gasteiger charge is 2.10. The predicted octanol–water partition coefficient (Wildman–Crippen LogP) is -0.118. The van der Waals surface area contributed by atoms with Gasteiger partial charge in [0, 0.05) is 6.04 Å². The number of hydrogen-bond acceptors (Lipinski definition) is 5. The first-order valence-electron chi connectivity index (χ1n) is 3.80. The molecule has 0 spiro atoms. The molecule has 0 saturated heterocycles. The topological polar surface area (TPSA) is 62.4 Å². The molecule has 0 saturated carbocycles. The van der Waals surface area contributed by atoms with Crippen molar-refractivity contribution in [3.8, 4) is 0 Å². The highest BCUT2D eigenvalue weighted by atomic mass is 16.5. The van der Waals surface area contributed by atoms with Gasteiger partial charge in [-0.25, -0.2) is 0 Å². The standard InChI is InChI=1S/C7H13N3O2/c1-6(4-11)10(2)3-7-8-5-9-12-7/h5-6,11H,3-4H2,1-2H3. The molecule has 68 valence electrons. The summed E-state index contributed by atoms with van der Waals surface area (Å²) in [4.78, 5) is 5.81. The molecule has 5 heteroatoms. The fourth-order valence-electron chi connectivity index (χ4n) is 0.774. The molecule has 1 unspecified atom stereocenters. The average molecular weight is 171 g/mol. The molecule has 1 rings (SSSR count). The lowest BCUT2D eigenvalue weighted by Crippen LogP contribution is -2.31. The lowest BCUT2D eigenvalue weighted by Gasteiger charge is -2.20. The Labute approximate surface area is 71.0 Å². The highest BCUT2D eigenvalue weighted by Crippen LogP contribution is 2.01. The molecule has 0 bridgehead atoms.